The van der Waals surface area contributed by atoms with Gasteiger partial charge in [-0.2, -0.15) is 0 Å². The molecule has 35 heavy (non-hydrogen) atoms. The van der Waals surface area contributed by atoms with Crippen molar-refractivity contribution in [2.45, 2.75) is 40.0 Å². The summed E-state index contributed by atoms with van der Waals surface area (Å²) < 4.78 is 20.5. The molecule has 182 valence electrons. The number of anilines is 1. The van der Waals surface area contributed by atoms with Crippen LogP contribution in [0, 0.1) is 19.7 Å². The van der Waals surface area contributed by atoms with Crippen LogP contribution in [0.2, 0.25) is 0 Å². The lowest BCUT2D eigenvalue weighted by atomic mass is 9.94. The molecule has 0 radical (unpaired) electrons. The minimum atomic E-state index is -0.557. The lowest BCUT2D eigenvalue weighted by molar-refractivity contribution is -0.119. The zero-order valence-corrected chi connectivity index (χ0v) is 20.0. The minimum Gasteiger partial charge on any atom is -0.442 e. The second kappa shape index (κ2) is 10.6. The van der Waals surface area contributed by atoms with Crippen LogP contribution in [0.1, 0.15) is 29.3 Å². The van der Waals surface area contributed by atoms with Crippen LogP contribution in [0.3, 0.4) is 0 Å². The Bertz CT molecular complexity index is 1240. The molecule has 1 fully saturated rings. The summed E-state index contributed by atoms with van der Waals surface area (Å²) in [6, 6.07) is 10.7. The van der Waals surface area contributed by atoms with Crippen LogP contribution in [-0.4, -0.2) is 41.2 Å². The number of carbonyl (C=O) groups is 2. The van der Waals surface area contributed by atoms with Crippen molar-refractivity contribution in [1.29, 1.82) is 0 Å². The van der Waals surface area contributed by atoms with E-state index in [9.17, 15) is 9.59 Å². The van der Waals surface area contributed by atoms with E-state index in [-0.39, 0.29) is 19.0 Å². The van der Waals surface area contributed by atoms with Crippen LogP contribution in [0.15, 0.2) is 48.9 Å². The lowest BCUT2D eigenvalue weighted by Gasteiger charge is -2.17. The predicted molar refractivity (Wildman–Crippen MR) is 130 cm³/mol. The van der Waals surface area contributed by atoms with Gasteiger partial charge in [0.15, 0.2) is 0 Å². The van der Waals surface area contributed by atoms with Crippen LogP contribution in [-0.2, 0) is 22.6 Å². The minimum absolute atomic E-state index is 0.201. The van der Waals surface area contributed by atoms with Crippen molar-refractivity contribution in [1.82, 2.24) is 20.6 Å². The predicted octanol–water partition coefficient (Wildman–Crippen LogP) is 3.65. The van der Waals surface area contributed by atoms with Crippen molar-refractivity contribution in [3.05, 3.63) is 77.1 Å². The fourth-order valence-electron chi connectivity index (χ4n) is 4.09. The van der Waals surface area contributed by atoms with E-state index in [4.69, 9.17) is 4.74 Å². The van der Waals surface area contributed by atoms with E-state index in [1.165, 1.54) is 24.2 Å². The topological polar surface area (TPSA) is 96.5 Å². The average Bonchev–Trinajstić information content (AvgIpc) is 3.21. The summed E-state index contributed by atoms with van der Waals surface area (Å²) in [6.45, 7) is 7.12. The van der Waals surface area contributed by atoms with Gasteiger partial charge in [0.25, 0.3) is 0 Å². The average molecular weight is 478 g/mol. The second-order valence-electron chi connectivity index (χ2n) is 8.62. The molecule has 0 aliphatic carbocycles. The number of hydrogen-bond acceptors (Lipinski definition) is 6. The molecule has 4 rings (SSSR count). The first-order chi connectivity index (χ1) is 16.8. The van der Waals surface area contributed by atoms with Crippen LogP contribution in [0.25, 0.3) is 11.1 Å². The monoisotopic (exact) mass is 477 g/mol. The molecule has 1 atom stereocenters. The van der Waals surface area contributed by atoms with E-state index in [2.05, 4.69) is 26.7 Å². The molecule has 0 bridgehead atoms. The van der Waals surface area contributed by atoms with Gasteiger partial charge >= 0.3 is 6.09 Å². The molecular formula is C26H28FN5O3. The number of amides is 2. The van der Waals surface area contributed by atoms with Gasteiger partial charge in [0.2, 0.25) is 5.91 Å². The highest BCUT2D eigenvalue weighted by molar-refractivity contribution is 5.90. The van der Waals surface area contributed by atoms with E-state index in [1.807, 2.05) is 26.0 Å². The Balaban J connectivity index is 1.46. The number of benzene rings is 2. The SMILES string of the molecule is CC(=O)NC[C@H]1CN(c2ccc(-c3cc(C)c(CNCc4ccncn4)cc3C)c(F)c2)C(=O)O1. The molecule has 0 saturated carbocycles. The largest absolute Gasteiger partial charge is 0.442 e. The summed E-state index contributed by atoms with van der Waals surface area (Å²) in [5.74, 6) is -0.620. The zero-order chi connectivity index (χ0) is 24.9. The quantitative estimate of drug-likeness (QED) is 0.514. The third-order valence-electron chi connectivity index (χ3n) is 5.95. The number of rotatable bonds is 8. The Kier molecular flexibility index (Phi) is 7.36. The van der Waals surface area contributed by atoms with Gasteiger partial charge < -0.3 is 15.4 Å². The van der Waals surface area contributed by atoms with Crippen molar-refractivity contribution in [2.75, 3.05) is 18.0 Å². The maximum absolute atomic E-state index is 15.2. The highest BCUT2D eigenvalue weighted by atomic mass is 19.1. The van der Waals surface area contributed by atoms with Crippen LogP contribution >= 0.6 is 0 Å². The Morgan fingerprint density at radius 2 is 1.97 bits per heavy atom. The number of nitrogens with one attached hydrogen (secondary N) is 2. The number of carbonyl (C=O) groups excluding carboxylic acids is 2. The molecular weight excluding hydrogens is 449 g/mol. The number of hydrogen-bond donors (Lipinski definition) is 2. The molecule has 2 N–H and O–H groups in total. The van der Waals surface area contributed by atoms with Gasteiger partial charge in [0.1, 0.15) is 18.2 Å². The highest BCUT2D eigenvalue weighted by Gasteiger charge is 2.32. The van der Waals surface area contributed by atoms with Crippen LogP contribution in [0.4, 0.5) is 14.9 Å². The standard InChI is InChI=1S/C26H28FN5O3/c1-16-9-24(17(2)8-19(16)11-29-12-20-6-7-28-15-31-20)23-5-4-21(10-25(23)27)32-14-22(35-26(32)34)13-30-18(3)33/h4-10,15,22,29H,11-14H2,1-3H3,(H,30,33)/t22-/m0/s1. The second-order valence-corrected chi connectivity index (χ2v) is 8.62. The third-order valence-corrected chi connectivity index (χ3v) is 5.95. The highest BCUT2D eigenvalue weighted by Crippen LogP contribution is 2.32. The Hall–Kier alpha value is -3.85. The van der Waals surface area contributed by atoms with Gasteiger partial charge in [0.05, 0.1) is 24.5 Å². The van der Waals surface area contributed by atoms with Crippen LogP contribution < -0.4 is 15.5 Å². The summed E-state index contributed by atoms with van der Waals surface area (Å²) >= 11 is 0. The summed E-state index contributed by atoms with van der Waals surface area (Å²) in [5.41, 5.74) is 5.74. The van der Waals surface area contributed by atoms with E-state index < -0.39 is 18.0 Å². The maximum atomic E-state index is 15.2. The van der Waals surface area contributed by atoms with E-state index in [0.29, 0.717) is 24.3 Å². The molecule has 8 nitrogen and oxygen atoms in total. The molecule has 0 spiro atoms. The fraction of sp³-hybridized carbons (Fsp3) is 0.308. The van der Waals surface area contributed by atoms with Gasteiger partial charge in [-0.3, -0.25) is 9.69 Å². The molecule has 2 amide bonds. The molecule has 2 aromatic carbocycles. The van der Waals surface area contributed by atoms with E-state index in [1.54, 1.807) is 18.3 Å². The van der Waals surface area contributed by atoms with Gasteiger partial charge in [-0.25, -0.2) is 19.2 Å². The Labute approximate surface area is 203 Å². The van der Waals surface area contributed by atoms with Crippen molar-refractivity contribution in [3.8, 4) is 11.1 Å². The fourth-order valence-corrected chi connectivity index (χ4v) is 4.09. The number of ether oxygens (including phenoxy) is 1. The normalized spacial score (nSPS) is 15.3. The Morgan fingerprint density at radius 1 is 1.14 bits per heavy atom. The first-order valence-corrected chi connectivity index (χ1v) is 11.4. The zero-order valence-electron chi connectivity index (χ0n) is 20.0. The number of aryl methyl sites for hydroxylation is 2. The van der Waals surface area contributed by atoms with Gasteiger partial charge in [-0.05, 0) is 60.4 Å². The Morgan fingerprint density at radius 3 is 2.69 bits per heavy atom. The van der Waals surface area contributed by atoms with Crippen LogP contribution in [0.5, 0.6) is 0 Å². The molecule has 9 heteroatoms. The van der Waals surface area contributed by atoms with Gasteiger partial charge in [-0.1, -0.05) is 12.1 Å². The number of aromatic nitrogens is 2. The van der Waals surface area contributed by atoms with E-state index in [0.717, 1.165) is 27.9 Å². The van der Waals surface area contributed by atoms with Gasteiger partial charge in [-0.15, -0.1) is 0 Å². The number of nitrogens with zero attached hydrogens (tertiary/aromatic N) is 3. The van der Waals surface area contributed by atoms with Gasteiger partial charge in [0, 0.05) is 31.8 Å². The summed E-state index contributed by atoms with van der Waals surface area (Å²) in [6.07, 6.45) is 2.20. The molecule has 2 heterocycles. The van der Waals surface area contributed by atoms with Crippen molar-refractivity contribution < 1.29 is 18.7 Å². The summed E-state index contributed by atoms with van der Waals surface area (Å²) in [4.78, 5) is 32.9. The first-order valence-electron chi connectivity index (χ1n) is 11.4. The molecule has 0 unspecified atom stereocenters. The molecule has 1 aromatic heterocycles. The smallest absolute Gasteiger partial charge is 0.414 e. The van der Waals surface area contributed by atoms with Crippen molar-refractivity contribution in [3.63, 3.8) is 0 Å². The number of cyclic esters (lactones) is 1. The van der Waals surface area contributed by atoms with Crippen molar-refractivity contribution >= 4 is 17.7 Å². The van der Waals surface area contributed by atoms with Crippen molar-refractivity contribution in [2.24, 2.45) is 0 Å². The molecule has 1 aliphatic rings. The van der Waals surface area contributed by atoms with E-state index >= 15 is 4.39 Å². The third kappa shape index (κ3) is 5.81. The molecule has 3 aromatic rings. The maximum Gasteiger partial charge on any atom is 0.414 e. The molecule has 1 aliphatic heterocycles. The lowest BCUT2D eigenvalue weighted by Crippen LogP contribution is -2.33. The summed E-state index contributed by atoms with van der Waals surface area (Å²) in [7, 11) is 0. The summed E-state index contributed by atoms with van der Waals surface area (Å²) in [5, 5.41) is 6.01. The number of halogens is 1. The molecule has 1 saturated heterocycles. The first kappa shape index (κ1) is 24.3.